The lowest BCUT2D eigenvalue weighted by Crippen LogP contribution is -2.38. The molecule has 3 rings (SSSR count). The summed E-state index contributed by atoms with van der Waals surface area (Å²) in [5.74, 6) is 1.36. The first-order valence-electron chi connectivity index (χ1n) is 6.31. The molecule has 1 aliphatic carbocycles. The predicted octanol–water partition coefficient (Wildman–Crippen LogP) is 2.67. The minimum atomic E-state index is -0.232. The standard InChI is InChI=1S/C15H16O3/c1-10(16)18-15-8-4-6-11-12-5-2-3-7-14(12)17-9-13(11)15/h2-5,7-8,11,13,15H,6,9H2,1H3/t11-,13+,15+/m0/s1. The number of hydrogen-bond acceptors (Lipinski definition) is 3. The highest BCUT2D eigenvalue weighted by Crippen LogP contribution is 2.43. The SMILES string of the molecule is CC(=O)O[C@@H]1C=CC[C@H]2c3ccccc3OC[C@@H]12. The van der Waals surface area contributed by atoms with Gasteiger partial charge in [-0.25, -0.2) is 0 Å². The van der Waals surface area contributed by atoms with E-state index in [1.165, 1.54) is 12.5 Å². The van der Waals surface area contributed by atoms with E-state index in [4.69, 9.17) is 9.47 Å². The van der Waals surface area contributed by atoms with Crippen LogP contribution in [0.15, 0.2) is 36.4 Å². The van der Waals surface area contributed by atoms with Gasteiger partial charge >= 0.3 is 5.97 Å². The van der Waals surface area contributed by atoms with E-state index < -0.39 is 0 Å². The number of para-hydroxylation sites is 1. The van der Waals surface area contributed by atoms with Gasteiger partial charge in [-0.05, 0) is 24.1 Å². The molecule has 0 saturated carbocycles. The van der Waals surface area contributed by atoms with Gasteiger partial charge in [-0.3, -0.25) is 4.79 Å². The van der Waals surface area contributed by atoms with Crippen LogP contribution in [0.25, 0.3) is 0 Å². The number of fused-ring (bicyclic) bond motifs is 3. The summed E-state index contributed by atoms with van der Waals surface area (Å²) in [6.07, 6.45) is 4.93. The summed E-state index contributed by atoms with van der Waals surface area (Å²) in [4.78, 5) is 11.1. The Balaban J connectivity index is 1.91. The van der Waals surface area contributed by atoms with E-state index in [0.29, 0.717) is 12.5 Å². The molecule has 3 heteroatoms. The summed E-state index contributed by atoms with van der Waals surface area (Å²) in [5.41, 5.74) is 1.23. The average molecular weight is 244 g/mol. The monoisotopic (exact) mass is 244 g/mol. The van der Waals surface area contributed by atoms with Crippen LogP contribution in [0.5, 0.6) is 5.75 Å². The quantitative estimate of drug-likeness (QED) is 0.563. The highest BCUT2D eigenvalue weighted by Gasteiger charge is 2.38. The lowest BCUT2D eigenvalue weighted by molar-refractivity contribution is -0.147. The molecule has 3 atom stereocenters. The molecule has 0 N–H and O–H groups in total. The van der Waals surface area contributed by atoms with Gasteiger partial charge in [0.25, 0.3) is 0 Å². The molecule has 0 fully saturated rings. The Bertz CT molecular complexity index is 492. The van der Waals surface area contributed by atoms with Crippen molar-refractivity contribution in [3.8, 4) is 5.75 Å². The van der Waals surface area contributed by atoms with Gasteiger partial charge in [-0.2, -0.15) is 0 Å². The number of allylic oxidation sites excluding steroid dienone is 1. The summed E-state index contributed by atoms with van der Waals surface area (Å²) >= 11 is 0. The molecule has 0 amide bonds. The fraction of sp³-hybridized carbons (Fsp3) is 0.400. The van der Waals surface area contributed by atoms with Gasteiger partial charge in [-0.15, -0.1) is 0 Å². The Labute approximate surface area is 106 Å². The van der Waals surface area contributed by atoms with Crippen LogP contribution in [0.3, 0.4) is 0 Å². The molecule has 0 spiro atoms. The smallest absolute Gasteiger partial charge is 0.303 e. The summed E-state index contributed by atoms with van der Waals surface area (Å²) < 4.78 is 11.1. The highest BCUT2D eigenvalue weighted by atomic mass is 16.5. The van der Waals surface area contributed by atoms with Crippen molar-refractivity contribution in [1.82, 2.24) is 0 Å². The molecule has 0 radical (unpaired) electrons. The van der Waals surface area contributed by atoms with Crippen molar-refractivity contribution in [2.45, 2.75) is 25.4 Å². The zero-order chi connectivity index (χ0) is 12.5. The summed E-state index contributed by atoms with van der Waals surface area (Å²) in [6.45, 7) is 2.07. The maximum absolute atomic E-state index is 11.1. The number of rotatable bonds is 1. The van der Waals surface area contributed by atoms with Crippen molar-refractivity contribution < 1.29 is 14.3 Å². The van der Waals surface area contributed by atoms with Crippen molar-refractivity contribution in [2.75, 3.05) is 6.61 Å². The van der Waals surface area contributed by atoms with Crippen molar-refractivity contribution in [3.63, 3.8) is 0 Å². The third kappa shape index (κ3) is 1.90. The molecule has 0 unspecified atom stereocenters. The first-order valence-corrected chi connectivity index (χ1v) is 6.31. The van der Waals surface area contributed by atoms with Crippen molar-refractivity contribution in [2.24, 2.45) is 5.92 Å². The Kier molecular flexibility index (Phi) is 2.82. The van der Waals surface area contributed by atoms with E-state index in [2.05, 4.69) is 12.1 Å². The predicted molar refractivity (Wildman–Crippen MR) is 67.5 cm³/mol. The zero-order valence-electron chi connectivity index (χ0n) is 10.3. The van der Waals surface area contributed by atoms with Gasteiger partial charge in [0, 0.05) is 18.8 Å². The largest absolute Gasteiger partial charge is 0.493 e. The molecule has 2 aliphatic rings. The third-order valence-electron chi connectivity index (χ3n) is 3.71. The number of benzene rings is 1. The van der Waals surface area contributed by atoms with Gasteiger partial charge in [-0.1, -0.05) is 24.3 Å². The number of carbonyl (C=O) groups is 1. The molecule has 0 bridgehead atoms. The lowest BCUT2D eigenvalue weighted by Gasteiger charge is -2.38. The molecule has 1 heterocycles. The van der Waals surface area contributed by atoms with E-state index in [1.807, 2.05) is 24.3 Å². The van der Waals surface area contributed by atoms with Crippen LogP contribution in [-0.4, -0.2) is 18.7 Å². The van der Waals surface area contributed by atoms with E-state index in [9.17, 15) is 4.79 Å². The second kappa shape index (κ2) is 4.48. The van der Waals surface area contributed by atoms with Crippen LogP contribution in [0.1, 0.15) is 24.8 Å². The second-order valence-corrected chi connectivity index (χ2v) is 4.86. The van der Waals surface area contributed by atoms with Crippen LogP contribution >= 0.6 is 0 Å². The maximum atomic E-state index is 11.1. The Morgan fingerprint density at radius 1 is 1.39 bits per heavy atom. The van der Waals surface area contributed by atoms with Crippen LogP contribution in [0.4, 0.5) is 0 Å². The molecule has 3 nitrogen and oxygen atoms in total. The van der Waals surface area contributed by atoms with E-state index >= 15 is 0 Å². The summed E-state index contributed by atoms with van der Waals surface area (Å²) in [6, 6.07) is 8.13. The molecule has 1 aromatic carbocycles. The first kappa shape index (κ1) is 11.3. The molecule has 94 valence electrons. The maximum Gasteiger partial charge on any atom is 0.303 e. The lowest BCUT2D eigenvalue weighted by atomic mass is 9.75. The Morgan fingerprint density at radius 2 is 2.22 bits per heavy atom. The minimum absolute atomic E-state index is 0.158. The van der Waals surface area contributed by atoms with Gasteiger partial charge in [0.2, 0.25) is 0 Å². The molecule has 18 heavy (non-hydrogen) atoms. The number of carbonyl (C=O) groups excluding carboxylic acids is 1. The first-order chi connectivity index (χ1) is 8.75. The average Bonchev–Trinajstić information content (AvgIpc) is 2.38. The Hall–Kier alpha value is -1.77. The summed E-state index contributed by atoms with van der Waals surface area (Å²) in [7, 11) is 0. The molecular formula is C15H16O3. The van der Waals surface area contributed by atoms with E-state index in [1.54, 1.807) is 0 Å². The number of hydrogen-bond donors (Lipinski definition) is 0. The van der Waals surface area contributed by atoms with E-state index in [0.717, 1.165) is 12.2 Å². The number of esters is 1. The van der Waals surface area contributed by atoms with Gasteiger partial charge < -0.3 is 9.47 Å². The van der Waals surface area contributed by atoms with E-state index in [-0.39, 0.29) is 18.0 Å². The molecular weight excluding hydrogens is 228 g/mol. The van der Waals surface area contributed by atoms with Gasteiger partial charge in [0.15, 0.2) is 0 Å². The van der Waals surface area contributed by atoms with Crippen molar-refractivity contribution in [3.05, 3.63) is 42.0 Å². The zero-order valence-corrected chi connectivity index (χ0v) is 10.3. The fourth-order valence-electron chi connectivity index (χ4n) is 2.90. The van der Waals surface area contributed by atoms with Gasteiger partial charge in [0.05, 0.1) is 6.61 Å². The Morgan fingerprint density at radius 3 is 3.06 bits per heavy atom. The fourth-order valence-corrected chi connectivity index (χ4v) is 2.90. The summed E-state index contributed by atoms with van der Waals surface area (Å²) in [5, 5.41) is 0. The topological polar surface area (TPSA) is 35.5 Å². The second-order valence-electron chi connectivity index (χ2n) is 4.86. The van der Waals surface area contributed by atoms with Crippen molar-refractivity contribution in [1.29, 1.82) is 0 Å². The highest BCUT2D eigenvalue weighted by molar-refractivity contribution is 5.66. The molecule has 1 aromatic rings. The van der Waals surface area contributed by atoms with Crippen LogP contribution in [0.2, 0.25) is 0 Å². The van der Waals surface area contributed by atoms with Crippen LogP contribution in [0, 0.1) is 5.92 Å². The molecule has 1 aliphatic heterocycles. The molecule has 0 saturated heterocycles. The van der Waals surface area contributed by atoms with Gasteiger partial charge in [0.1, 0.15) is 11.9 Å². The minimum Gasteiger partial charge on any atom is -0.493 e. The number of ether oxygens (including phenoxy) is 2. The van der Waals surface area contributed by atoms with Crippen LogP contribution < -0.4 is 4.74 Å². The van der Waals surface area contributed by atoms with Crippen molar-refractivity contribution >= 4 is 5.97 Å². The normalized spacial score (nSPS) is 28.8. The molecule has 0 aromatic heterocycles. The van der Waals surface area contributed by atoms with Crippen LogP contribution in [-0.2, 0) is 9.53 Å². The third-order valence-corrected chi connectivity index (χ3v) is 3.71.